The number of fused-ring (bicyclic) bond motifs is 1. The Balaban J connectivity index is 1.53. The molecule has 0 saturated carbocycles. The molecule has 4 aromatic rings. The minimum atomic E-state index is -0.314. The third-order valence-electron chi connectivity index (χ3n) is 3.71. The maximum atomic E-state index is 12.3. The van der Waals surface area contributed by atoms with Gasteiger partial charge in [-0.05, 0) is 42.6 Å². The number of thiazole rings is 1. The van der Waals surface area contributed by atoms with Crippen molar-refractivity contribution in [3.63, 3.8) is 0 Å². The fraction of sp³-hybridized carbons (Fsp3) is 0.111. The molecular formula is C18H14N4O2S2. The molecular weight excluding hydrogens is 368 g/mol. The minimum absolute atomic E-state index is 0.147. The summed E-state index contributed by atoms with van der Waals surface area (Å²) in [5.74, 6) is -0.311. The molecule has 0 aliphatic heterocycles. The highest BCUT2D eigenvalue weighted by atomic mass is 32.1. The lowest BCUT2D eigenvalue weighted by Gasteiger charge is -2.07. The van der Waals surface area contributed by atoms with Gasteiger partial charge in [0.2, 0.25) is 5.91 Å². The van der Waals surface area contributed by atoms with E-state index in [1.807, 2.05) is 42.6 Å². The van der Waals surface area contributed by atoms with Crippen LogP contribution < -0.4 is 10.9 Å². The Morgan fingerprint density at radius 1 is 1.23 bits per heavy atom. The van der Waals surface area contributed by atoms with E-state index in [0.29, 0.717) is 11.4 Å². The van der Waals surface area contributed by atoms with E-state index in [9.17, 15) is 9.59 Å². The van der Waals surface area contributed by atoms with Crippen LogP contribution >= 0.6 is 22.7 Å². The number of carbonyl (C=O) groups is 1. The average Bonchev–Trinajstić information content (AvgIpc) is 3.25. The predicted octanol–water partition coefficient (Wildman–Crippen LogP) is 3.53. The highest BCUT2D eigenvalue weighted by Crippen LogP contribution is 2.24. The molecule has 0 aliphatic carbocycles. The first-order valence-corrected chi connectivity index (χ1v) is 9.57. The fourth-order valence-corrected chi connectivity index (χ4v) is 4.07. The number of amides is 1. The first-order valence-electron chi connectivity index (χ1n) is 7.87. The van der Waals surface area contributed by atoms with Gasteiger partial charge in [-0.2, -0.15) is 5.10 Å². The third kappa shape index (κ3) is 3.42. The van der Waals surface area contributed by atoms with Crippen LogP contribution in [0.4, 0.5) is 5.69 Å². The Hall–Kier alpha value is -2.84. The van der Waals surface area contributed by atoms with Gasteiger partial charge in [-0.1, -0.05) is 6.07 Å². The Labute approximate surface area is 156 Å². The standard InChI is InChI=1S/C18H14N4O2S2/c1-11-19-14-9-12(4-6-16(14)26-11)20-17(23)10-22-18(24)7-5-13(21-22)15-3-2-8-25-15/h2-9H,10H2,1H3,(H,20,23). The molecule has 8 heteroatoms. The average molecular weight is 382 g/mol. The first kappa shape index (κ1) is 16.6. The minimum Gasteiger partial charge on any atom is -0.324 e. The topological polar surface area (TPSA) is 76.9 Å². The smallest absolute Gasteiger partial charge is 0.267 e. The number of nitrogens with one attached hydrogen (secondary N) is 1. The summed E-state index contributed by atoms with van der Waals surface area (Å²) >= 11 is 3.14. The van der Waals surface area contributed by atoms with E-state index in [0.717, 1.165) is 20.1 Å². The summed E-state index contributed by atoms with van der Waals surface area (Å²) in [7, 11) is 0. The second kappa shape index (κ2) is 6.81. The molecule has 26 heavy (non-hydrogen) atoms. The second-order valence-electron chi connectivity index (χ2n) is 5.66. The van der Waals surface area contributed by atoms with Crippen LogP contribution in [0, 0.1) is 6.92 Å². The van der Waals surface area contributed by atoms with Gasteiger partial charge in [0.15, 0.2) is 0 Å². The van der Waals surface area contributed by atoms with Gasteiger partial charge in [0.25, 0.3) is 5.56 Å². The van der Waals surface area contributed by atoms with Gasteiger partial charge in [0, 0.05) is 11.8 Å². The Morgan fingerprint density at radius 3 is 2.92 bits per heavy atom. The number of carbonyl (C=O) groups excluding carboxylic acids is 1. The molecule has 0 unspecified atom stereocenters. The molecule has 0 fully saturated rings. The number of anilines is 1. The number of aryl methyl sites for hydroxylation is 1. The number of nitrogens with zero attached hydrogens (tertiary/aromatic N) is 3. The molecule has 1 N–H and O–H groups in total. The monoisotopic (exact) mass is 382 g/mol. The van der Waals surface area contributed by atoms with Crippen molar-refractivity contribution in [1.29, 1.82) is 0 Å². The number of hydrogen-bond acceptors (Lipinski definition) is 6. The maximum absolute atomic E-state index is 12.3. The zero-order valence-corrected chi connectivity index (χ0v) is 15.4. The number of thiophene rings is 1. The van der Waals surface area contributed by atoms with E-state index in [2.05, 4.69) is 15.4 Å². The van der Waals surface area contributed by atoms with E-state index in [4.69, 9.17) is 0 Å². The molecule has 3 aromatic heterocycles. The predicted molar refractivity (Wildman–Crippen MR) is 105 cm³/mol. The van der Waals surface area contributed by atoms with Crippen molar-refractivity contribution in [1.82, 2.24) is 14.8 Å². The highest BCUT2D eigenvalue weighted by Gasteiger charge is 2.10. The molecule has 1 amide bonds. The van der Waals surface area contributed by atoms with Gasteiger partial charge < -0.3 is 5.32 Å². The van der Waals surface area contributed by atoms with Crippen LogP contribution in [0.2, 0.25) is 0 Å². The summed E-state index contributed by atoms with van der Waals surface area (Å²) in [5.41, 5.74) is 1.85. The van der Waals surface area contributed by atoms with Crippen LogP contribution in [0.1, 0.15) is 5.01 Å². The summed E-state index contributed by atoms with van der Waals surface area (Å²) in [6, 6.07) is 12.5. The van der Waals surface area contributed by atoms with Crippen molar-refractivity contribution in [3.05, 3.63) is 63.2 Å². The lowest BCUT2D eigenvalue weighted by Crippen LogP contribution is -2.29. The van der Waals surface area contributed by atoms with E-state index >= 15 is 0 Å². The summed E-state index contributed by atoms with van der Waals surface area (Å²) in [5, 5.41) is 10.0. The Kier molecular flexibility index (Phi) is 4.36. The quantitative estimate of drug-likeness (QED) is 0.586. The van der Waals surface area contributed by atoms with Crippen molar-refractivity contribution >= 4 is 44.5 Å². The van der Waals surface area contributed by atoms with Crippen LogP contribution in [0.5, 0.6) is 0 Å². The van der Waals surface area contributed by atoms with Crippen molar-refractivity contribution < 1.29 is 4.79 Å². The van der Waals surface area contributed by atoms with Gasteiger partial charge in [-0.15, -0.1) is 22.7 Å². The van der Waals surface area contributed by atoms with Crippen LogP contribution in [-0.4, -0.2) is 20.7 Å². The molecule has 1 aromatic carbocycles. The molecule has 0 bridgehead atoms. The number of aromatic nitrogens is 3. The van der Waals surface area contributed by atoms with Gasteiger partial charge in [-0.25, -0.2) is 9.67 Å². The van der Waals surface area contributed by atoms with E-state index < -0.39 is 0 Å². The van der Waals surface area contributed by atoms with Gasteiger partial charge >= 0.3 is 0 Å². The maximum Gasteiger partial charge on any atom is 0.267 e. The first-order chi connectivity index (χ1) is 12.6. The van der Waals surface area contributed by atoms with Gasteiger partial charge in [0.1, 0.15) is 12.2 Å². The molecule has 4 rings (SSSR count). The van der Waals surface area contributed by atoms with Crippen molar-refractivity contribution in [2.24, 2.45) is 0 Å². The summed E-state index contributed by atoms with van der Waals surface area (Å²) in [6.07, 6.45) is 0. The second-order valence-corrected chi connectivity index (χ2v) is 7.84. The van der Waals surface area contributed by atoms with E-state index in [-0.39, 0.29) is 18.0 Å². The molecule has 3 heterocycles. The van der Waals surface area contributed by atoms with Crippen LogP contribution in [0.3, 0.4) is 0 Å². The SMILES string of the molecule is Cc1nc2cc(NC(=O)Cn3nc(-c4cccs4)ccc3=O)ccc2s1. The van der Waals surface area contributed by atoms with Crippen LogP contribution in [0.25, 0.3) is 20.8 Å². The number of benzene rings is 1. The lowest BCUT2D eigenvalue weighted by atomic mass is 10.3. The molecule has 0 spiro atoms. The van der Waals surface area contributed by atoms with Crippen molar-refractivity contribution in [2.75, 3.05) is 5.32 Å². The molecule has 0 radical (unpaired) electrons. The zero-order chi connectivity index (χ0) is 18.1. The normalized spacial score (nSPS) is 11.0. The molecule has 130 valence electrons. The van der Waals surface area contributed by atoms with Crippen LogP contribution in [0.15, 0.2) is 52.6 Å². The van der Waals surface area contributed by atoms with Crippen molar-refractivity contribution in [2.45, 2.75) is 13.5 Å². The molecule has 6 nitrogen and oxygen atoms in total. The van der Waals surface area contributed by atoms with Gasteiger partial charge in [-0.3, -0.25) is 9.59 Å². The highest BCUT2D eigenvalue weighted by molar-refractivity contribution is 7.18. The number of hydrogen-bond donors (Lipinski definition) is 1. The van der Waals surface area contributed by atoms with E-state index in [1.54, 1.807) is 17.4 Å². The summed E-state index contributed by atoms with van der Waals surface area (Å²) in [4.78, 5) is 29.7. The fourth-order valence-electron chi connectivity index (χ4n) is 2.57. The number of rotatable bonds is 4. The molecule has 0 aliphatic rings. The largest absolute Gasteiger partial charge is 0.324 e. The third-order valence-corrected chi connectivity index (χ3v) is 5.56. The lowest BCUT2D eigenvalue weighted by molar-refractivity contribution is -0.117. The molecule has 0 saturated heterocycles. The zero-order valence-electron chi connectivity index (χ0n) is 13.8. The summed E-state index contributed by atoms with van der Waals surface area (Å²) in [6.45, 7) is 1.80. The van der Waals surface area contributed by atoms with Crippen molar-refractivity contribution in [3.8, 4) is 10.6 Å². The van der Waals surface area contributed by atoms with E-state index in [1.165, 1.54) is 22.1 Å². The molecule has 0 atom stereocenters. The Morgan fingerprint density at radius 2 is 2.12 bits per heavy atom. The Bertz CT molecular complexity index is 1150. The van der Waals surface area contributed by atoms with Gasteiger partial charge in [0.05, 0.1) is 20.1 Å². The summed E-state index contributed by atoms with van der Waals surface area (Å²) < 4.78 is 2.25. The van der Waals surface area contributed by atoms with Crippen LogP contribution in [-0.2, 0) is 11.3 Å².